The van der Waals surface area contributed by atoms with Gasteiger partial charge in [0.15, 0.2) is 6.61 Å². The molecule has 1 aliphatic heterocycles. The molecule has 0 bridgehead atoms. The zero-order chi connectivity index (χ0) is 22.9. The van der Waals surface area contributed by atoms with Crippen LogP contribution in [-0.2, 0) is 25.6 Å². The summed E-state index contributed by atoms with van der Waals surface area (Å²) in [6.45, 7) is 0.165. The van der Waals surface area contributed by atoms with E-state index in [-0.39, 0.29) is 50.8 Å². The van der Waals surface area contributed by atoms with Gasteiger partial charge in [-0.25, -0.2) is 0 Å². The van der Waals surface area contributed by atoms with Crippen molar-refractivity contribution in [2.45, 2.75) is 25.3 Å². The van der Waals surface area contributed by atoms with Gasteiger partial charge in [-0.1, -0.05) is 42.5 Å². The van der Waals surface area contributed by atoms with E-state index in [1.807, 2.05) is 36.4 Å². The summed E-state index contributed by atoms with van der Waals surface area (Å²) in [5, 5.41) is 5.38. The summed E-state index contributed by atoms with van der Waals surface area (Å²) in [7, 11) is 0. The van der Waals surface area contributed by atoms with Crippen molar-refractivity contribution >= 4 is 29.3 Å². The lowest BCUT2D eigenvalue weighted by Crippen LogP contribution is -2.49. The van der Waals surface area contributed by atoms with Gasteiger partial charge in [-0.3, -0.25) is 19.2 Å². The molecule has 0 fully saturated rings. The third-order valence-corrected chi connectivity index (χ3v) is 4.98. The molecule has 2 aromatic rings. The summed E-state index contributed by atoms with van der Waals surface area (Å²) in [5.41, 5.74) is 6.60. The predicted octanol–water partition coefficient (Wildman–Crippen LogP) is 0.521. The fourth-order valence-corrected chi connectivity index (χ4v) is 3.37. The molecule has 9 nitrogen and oxygen atoms in total. The molecule has 0 aliphatic carbocycles. The molecule has 4 amide bonds. The topological polar surface area (TPSA) is 131 Å². The number of primary amides is 1. The zero-order valence-corrected chi connectivity index (χ0v) is 17.6. The summed E-state index contributed by atoms with van der Waals surface area (Å²) in [5.74, 6) is -0.946. The third kappa shape index (κ3) is 6.31. The summed E-state index contributed by atoms with van der Waals surface area (Å²) in [6, 6.07) is 15.6. The Bertz CT molecular complexity index is 979. The van der Waals surface area contributed by atoms with E-state index in [0.29, 0.717) is 11.4 Å². The van der Waals surface area contributed by atoms with Gasteiger partial charge in [-0.2, -0.15) is 0 Å². The van der Waals surface area contributed by atoms with Crippen LogP contribution in [-0.4, -0.2) is 49.4 Å². The third-order valence-electron chi connectivity index (χ3n) is 4.98. The lowest BCUT2D eigenvalue weighted by atomic mass is 10.0. The van der Waals surface area contributed by atoms with Gasteiger partial charge >= 0.3 is 0 Å². The Morgan fingerprint density at radius 1 is 1.03 bits per heavy atom. The molecule has 168 valence electrons. The first-order valence-corrected chi connectivity index (χ1v) is 10.4. The maximum absolute atomic E-state index is 12.7. The summed E-state index contributed by atoms with van der Waals surface area (Å²) >= 11 is 0. The molecule has 1 heterocycles. The van der Waals surface area contributed by atoms with Crippen molar-refractivity contribution in [3.05, 3.63) is 60.2 Å². The van der Waals surface area contributed by atoms with E-state index in [0.717, 1.165) is 5.56 Å². The molecule has 1 atom stereocenters. The van der Waals surface area contributed by atoms with E-state index >= 15 is 0 Å². The number of hydrogen-bond acceptors (Lipinski definition) is 5. The number of nitrogens with one attached hydrogen (secondary N) is 2. The van der Waals surface area contributed by atoms with E-state index in [2.05, 4.69) is 10.6 Å². The summed E-state index contributed by atoms with van der Waals surface area (Å²) < 4.78 is 5.41. The van der Waals surface area contributed by atoms with Gasteiger partial charge in [0.05, 0.1) is 5.69 Å². The smallest absolute Gasteiger partial charge is 0.265 e. The van der Waals surface area contributed by atoms with Crippen LogP contribution in [0.4, 0.5) is 5.69 Å². The second-order valence-corrected chi connectivity index (χ2v) is 7.37. The zero-order valence-electron chi connectivity index (χ0n) is 17.6. The summed E-state index contributed by atoms with van der Waals surface area (Å²) in [4.78, 5) is 50.0. The number of benzene rings is 2. The van der Waals surface area contributed by atoms with Crippen molar-refractivity contribution in [2.24, 2.45) is 5.73 Å². The maximum Gasteiger partial charge on any atom is 0.265 e. The Labute approximate surface area is 185 Å². The van der Waals surface area contributed by atoms with Crippen LogP contribution in [0, 0.1) is 0 Å². The number of rotatable bonds is 10. The van der Waals surface area contributed by atoms with E-state index in [1.165, 1.54) is 4.90 Å². The molecule has 0 aromatic heterocycles. The fraction of sp³-hybridized carbons (Fsp3) is 0.304. The minimum absolute atomic E-state index is 0.0102. The number of carbonyl (C=O) groups is 4. The molecule has 0 saturated carbocycles. The minimum Gasteiger partial charge on any atom is -0.482 e. The second-order valence-electron chi connectivity index (χ2n) is 7.37. The van der Waals surface area contributed by atoms with Crippen LogP contribution in [0.15, 0.2) is 54.6 Å². The first-order valence-electron chi connectivity index (χ1n) is 10.4. The van der Waals surface area contributed by atoms with Crippen LogP contribution < -0.4 is 26.0 Å². The van der Waals surface area contributed by atoms with Gasteiger partial charge in [-0.15, -0.1) is 0 Å². The Hall–Kier alpha value is -3.88. The predicted molar refractivity (Wildman–Crippen MR) is 118 cm³/mol. The van der Waals surface area contributed by atoms with Crippen molar-refractivity contribution < 1.29 is 23.9 Å². The normalized spacial score (nSPS) is 13.5. The lowest BCUT2D eigenvalue weighted by Gasteiger charge is -2.29. The molecule has 32 heavy (non-hydrogen) atoms. The average Bonchev–Trinajstić information content (AvgIpc) is 2.78. The molecule has 0 unspecified atom stereocenters. The average molecular weight is 438 g/mol. The Morgan fingerprint density at radius 2 is 1.75 bits per heavy atom. The minimum atomic E-state index is -0.828. The number of ether oxygens (including phenoxy) is 1. The van der Waals surface area contributed by atoms with E-state index in [9.17, 15) is 19.2 Å². The van der Waals surface area contributed by atoms with Gasteiger partial charge in [0.25, 0.3) is 5.91 Å². The largest absolute Gasteiger partial charge is 0.482 e. The van der Waals surface area contributed by atoms with Gasteiger partial charge < -0.3 is 26.0 Å². The number of nitrogens with two attached hydrogens (primary N) is 1. The van der Waals surface area contributed by atoms with Crippen molar-refractivity contribution in [1.29, 1.82) is 0 Å². The molecule has 0 radical (unpaired) electrons. The van der Waals surface area contributed by atoms with Crippen molar-refractivity contribution in [1.82, 2.24) is 10.6 Å². The molecule has 0 saturated heterocycles. The molecular weight excluding hydrogens is 412 g/mol. The first kappa shape index (κ1) is 22.8. The highest BCUT2D eigenvalue weighted by Gasteiger charge is 2.26. The SMILES string of the molecule is NC(=O)CCNC(=O)[C@H](Cc1ccccc1)NC(=O)CCN1C(=O)COc2ccccc21. The maximum atomic E-state index is 12.7. The monoisotopic (exact) mass is 438 g/mol. The van der Waals surface area contributed by atoms with E-state index in [1.54, 1.807) is 18.2 Å². The van der Waals surface area contributed by atoms with Gasteiger partial charge in [-0.05, 0) is 17.7 Å². The van der Waals surface area contributed by atoms with Crippen LogP contribution in [0.2, 0.25) is 0 Å². The number of hydrogen-bond donors (Lipinski definition) is 3. The molecule has 1 aliphatic rings. The van der Waals surface area contributed by atoms with Crippen molar-refractivity contribution in [2.75, 3.05) is 24.6 Å². The molecule has 9 heteroatoms. The first-order chi connectivity index (χ1) is 15.4. The van der Waals surface area contributed by atoms with Gasteiger partial charge in [0.1, 0.15) is 11.8 Å². The number of anilines is 1. The van der Waals surface area contributed by atoms with Crippen molar-refractivity contribution in [3.63, 3.8) is 0 Å². The number of carbonyl (C=O) groups excluding carboxylic acids is 4. The fourth-order valence-electron chi connectivity index (χ4n) is 3.37. The molecular formula is C23H26N4O5. The van der Waals surface area contributed by atoms with Crippen LogP contribution >= 0.6 is 0 Å². The van der Waals surface area contributed by atoms with Crippen molar-refractivity contribution in [3.8, 4) is 5.75 Å². The van der Waals surface area contributed by atoms with Crippen LogP contribution in [0.3, 0.4) is 0 Å². The van der Waals surface area contributed by atoms with Crippen LogP contribution in [0.5, 0.6) is 5.75 Å². The van der Waals surface area contributed by atoms with Crippen LogP contribution in [0.1, 0.15) is 18.4 Å². The molecule has 0 spiro atoms. The standard InChI is InChI=1S/C23H26N4O5/c24-20(28)10-12-25-23(31)17(14-16-6-2-1-3-7-16)26-21(29)11-13-27-18-8-4-5-9-19(18)32-15-22(27)30/h1-9,17H,10-15H2,(H2,24,28)(H,25,31)(H,26,29)/t17-/m0/s1. The molecule has 2 aromatic carbocycles. The second kappa shape index (κ2) is 10.9. The Kier molecular flexibility index (Phi) is 7.80. The molecule has 3 rings (SSSR count). The molecule has 4 N–H and O–H groups in total. The number of para-hydroxylation sites is 2. The quantitative estimate of drug-likeness (QED) is 0.498. The highest BCUT2D eigenvalue weighted by atomic mass is 16.5. The highest BCUT2D eigenvalue weighted by molar-refractivity contribution is 5.98. The van der Waals surface area contributed by atoms with E-state index < -0.39 is 17.9 Å². The Morgan fingerprint density at radius 3 is 2.50 bits per heavy atom. The van der Waals surface area contributed by atoms with E-state index in [4.69, 9.17) is 10.5 Å². The van der Waals surface area contributed by atoms with Crippen LogP contribution in [0.25, 0.3) is 0 Å². The number of amides is 4. The Balaban J connectivity index is 1.62. The number of nitrogens with zero attached hydrogens (tertiary/aromatic N) is 1. The van der Waals surface area contributed by atoms with Gasteiger partial charge in [0, 0.05) is 32.4 Å². The number of fused-ring (bicyclic) bond motifs is 1. The lowest BCUT2D eigenvalue weighted by molar-refractivity contribution is -0.129. The summed E-state index contributed by atoms with van der Waals surface area (Å²) in [6.07, 6.45) is 0.310. The van der Waals surface area contributed by atoms with Gasteiger partial charge in [0.2, 0.25) is 17.7 Å². The highest BCUT2D eigenvalue weighted by Crippen LogP contribution is 2.31.